The minimum absolute atomic E-state index is 0.0314. The molecule has 1 aliphatic carbocycles. The van der Waals surface area contributed by atoms with Crippen molar-refractivity contribution >= 4 is 43.0 Å². The molecular formula is C27H32N4O8Se. The Morgan fingerprint density at radius 1 is 1.20 bits per heavy atom. The summed E-state index contributed by atoms with van der Waals surface area (Å²) in [6.07, 6.45) is -1.15. The number of nitrogens with zero attached hydrogens (tertiary/aromatic N) is 3. The predicted molar refractivity (Wildman–Crippen MR) is 140 cm³/mol. The molecule has 13 heteroatoms. The van der Waals surface area contributed by atoms with E-state index in [1.54, 1.807) is 59.1 Å². The van der Waals surface area contributed by atoms with Crippen LogP contribution < -0.4 is 10.2 Å². The molecule has 6 rings (SSSR count). The van der Waals surface area contributed by atoms with Gasteiger partial charge in [-0.2, -0.15) is 0 Å². The van der Waals surface area contributed by atoms with Crippen molar-refractivity contribution in [2.24, 2.45) is 11.7 Å². The molecule has 1 aromatic rings. The number of ketones is 2. The third-order valence-corrected chi connectivity index (χ3v) is 11.3. The number of Topliss-reactive ketones (excluding diaryl/α,β-unsaturated/α-hetero) is 2. The van der Waals surface area contributed by atoms with Crippen LogP contribution in [0.4, 0.5) is 4.79 Å². The second-order valence-electron chi connectivity index (χ2n) is 10.6. The standard InChI is InChI=1S/C27H32N4O8Se/c1-15(32)31-18-12-30-20-19(17(13-37-24(28)35)26(30,36-4)21(18)31)22(33)27(38-10-11-39-27)25(23(20)34,14-29(2)3)40-16-8-6-5-7-9-16/h5-9,17-18,21H,10-14H2,1-4H3,(H2,28,35)/t17-,18+,21+,25?,26-,31?/m1/s1/i10D2,11D2. The summed E-state index contributed by atoms with van der Waals surface area (Å²) in [5.41, 5.74) is 3.55. The summed E-state index contributed by atoms with van der Waals surface area (Å²) in [6.45, 7) is -5.43. The fourth-order valence-electron chi connectivity index (χ4n) is 6.91. The maximum absolute atomic E-state index is 15.3. The van der Waals surface area contributed by atoms with Gasteiger partial charge < -0.3 is 0 Å². The van der Waals surface area contributed by atoms with Gasteiger partial charge in [-0.15, -0.1) is 0 Å². The zero-order valence-electron chi connectivity index (χ0n) is 26.3. The van der Waals surface area contributed by atoms with Crippen LogP contribution in [-0.4, -0.2) is 131 Å². The van der Waals surface area contributed by atoms with E-state index in [1.165, 1.54) is 14.0 Å². The van der Waals surface area contributed by atoms with Crippen LogP contribution in [0, 0.1) is 5.92 Å². The number of allylic oxidation sites excluding steroid dienone is 1. The number of hydrogen-bond donors (Lipinski definition) is 1. The summed E-state index contributed by atoms with van der Waals surface area (Å²) in [5.74, 6) is -5.79. The van der Waals surface area contributed by atoms with Crippen LogP contribution in [0.2, 0.25) is 4.31 Å². The molecule has 2 N–H and O–H groups in total. The molecule has 1 aromatic carbocycles. The molecule has 5 atom stereocenters. The van der Waals surface area contributed by atoms with E-state index in [9.17, 15) is 9.59 Å². The number of rotatable bonds is 7. The van der Waals surface area contributed by atoms with Crippen molar-refractivity contribution in [2.45, 2.75) is 34.8 Å². The summed E-state index contributed by atoms with van der Waals surface area (Å²) in [4.78, 5) is 59.6. The number of fused-ring (bicyclic) bond motifs is 4. The van der Waals surface area contributed by atoms with E-state index in [1.807, 2.05) is 0 Å². The van der Waals surface area contributed by atoms with Crippen LogP contribution in [0.1, 0.15) is 12.4 Å². The van der Waals surface area contributed by atoms with Crippen LogP contribution in [0.5, 0.6) is 0 Å². The number of primary amides is 1. The van der Waals surface area contributed by atoms with Gasteiger partial charge in [0.1, 0.15) is 0 Å². The average molecular weight is 624 g/mol. The number of ether oxygens (including phenoxy) is 4. The number of methoxy groups -OCH3 is 1. The molecule has 2 amide bonds. The number of nitrogens with two attached hydrogens (primary N) is 1. The number of carbonyl (C=O) groups excluding carboxylic acids is 4. The Labute approximate surface area is 243 Å². The Balaban J connectivity index is 1.62. The fraction of sp³-hybridized carbons (Fsp3) is 0.556. The summed E-state index contributed by atoms with van der Waals surface area (Å²) in [5, 5.41) is 0. The average Bonchev–Trinajstić information content (AvgIpc) is 3.37. The molecule has 1 unspecified atom stereocenters. The quantitative estimate of drug-likeness (QED) is 0.293. The first kappa shape index (κ1) is 22.8. The van der Waals surface area contributed by atoms with Gasteiger partial charge in [-0.3, -0.25) is 0 Å². The third-order valence-electron chi connectivity index (χ3n) is 8.27. The molecular weight excluding hydrogens is 587 g/mol. The van der Waals surface area contributed by atoms with E-state index in [0.29, 0.717) is 4.46 Å². The number of benzene rings is 1. The molecule has 0 aromatic heterocycles. The summed E-state index contributed by atoms with van der Waals surface area (Å²) in [7, 11) is 4.71. The van der Waals surface area contributed by atoms with E-state index in [-0.39, 0.29) is 36.3 Å². The van der Waals surface area contributed by atoms with E-state index in [2.05, 4.69) is 0 Å². The Morgan fingerprint density at radius 3 is 2.45 bits per heavy atom. The number of carbonyl (C=O) groups is 4. The topological polar surface area (TPSA) is 141 Å². The van der Waals surface area contributed by atoms with Crippen molar-refractivity contribution in [3.05, 3.63) is 41.6 Å². The molecule has 3 saturated heterocycles. The van der Waals surface area contributed by atoms with Crippen molar-refractivity contribution in [1.29, 1.82) is 0 Å². The van der Waals surface area contributed by atoms with Crippen LogP contribution in [0.25, 0.3) is 0 Å². The molecule has 12 nitrogen and oxygen atoms in total. The second kappa shape index (κ2) is 9.37. The van der Waals surface area contributed by atoms with E-state index in [4.69, 9.17) is 30.2 Å². The molecule has 214 valence electrons. The van der Waals surface area contributed by atoms with E-state index < -0.39 is 80.1 Å². The number of amides is 2. The van der Waals surface area contributed by atoms with Gasteiger partial charge >= 0.3 is 243 Å². The number of piperazine rings is 1. The molecule has 3 fully saturated rings. The Morgan fingerprint density at radius 2 is 1.88 bits per heavy atom. The van der Waals surface area contributed by atoms with Crippen LogP contribution in [0.15, 0.2) is 41.6 Å². The van der Waals surface area contributed by atoms with Crippen molar-refractivity contribution < 1.29 is 43.6 Å². The Bertz CT molecular complexity index is 1480. The Kier molecular flexibility index (Phi) is 5.35. The first-order valence-corrected chi connectivity index (χ1v) is 14.4. The molecule has 1 spiro atoms. The van der Waals surface area contributed by atoms with Crippen molar-refractivity contribution in [3.8, 4) is 0 Å². The van der Waals surface area contributed by atoms with Crippen LogP contribution >= 0.6 is 0 Å². The molecule has 0 radical (unpaired) electrons. The monoisotopic (exact) mass is 624 g/mol. The maximum atomic E-state index is 15.3. The number of hydrogen-bond acceptors (Lipinski definition) is 10. The van der Waals surface area contributed by atoms with Gasteiger partial charge in [-0.1, -0.05) is 0 Å². The van der Waals surface area contributed by atoms with E-state index in [0.717, 1.165) is 0 Å². The van der Waals surface area contributed by atoms with Gasteiger partial charge in [-0.25, -0.2) is 0 Å². The summed E-state index contributed by atoms with van der Waals surface area (Å²) < 4.78 is 55.3. The molecule has 5 aliphatic rings. The van der Waals surface area contributed by atoms with Crippen LogP contribution in [-0.2, 0) is 33.3 Å². The normalized spacial score (nSPS) is 37.5. The second-order valence-corrected chi connectivity index (χ2v) is 13.5. The van der Waals surface area contributed by atoms with Gasteiger partial charge in [-0.05, 0) is 0 Å². The third kappa shape index (κ3) is 3.45. The van der Waals surface area contributed by atoms with Crippen LogP contribution in [0.3, 0.4) is 0 Å². The van der Waals surface area contributed by atoms with Gasteiger partial charge in [0.15, 0.2) is 0 Å². The molecule has 4 aliphatic heterocycles. The van der Waals surface area contributed by atoms with Crippen molar-refractivity contribution in [2.75, 3.05) is 54.0 Å². The molecule has 0 bridgehead atoms. The van der Waals surface area contributed by atoms with Gasteiger partial charge in [0.2, 0.25) is 0 Å². The van der Waals surface area contributed by atoms with Crippen molar-refractivity contribution in [3.63, 3.8) is 0 Å². The van der Waals surface area contributed by atoms with Crippen molar-refractivity contribution in [1.82, 2.24) is 14.7 Å². The van der Waals surface area contributed by atoms with Gasteiger partial charge in [0.25, 0.3) is 0 Å². The summed E-state index contributed by atoms with van der Waals surface area (Å²) in [6, 6.07) is 7.87. The molecule has 4 heterocycles. The fourth-order valence-corrected chi connectivity index (χ4v) is 10.1. The van der Waals surface area contributed by atoms with Gasteiger partial charge in [0.05, 0.1) is 0 Å². The molecule has 0 saturated carbocycles. The SMILES string of the molecule is [2H]C1([2H])OC2(OC1([2H])[2H])C(=O)C1=C(C(=O)C2(CN(C)C)[Se]c2ccccc2)N2C[C@H]3[C@H](N3C(C)=O)[C@]2(OC)[C@@H]1COC(N)=O. The first-order chi connectivity index (χ1) is 20.5. The molecule has 40 heavy (non-hydrogen) atoms. The Hall–Kier alpha value is -2.80. The van der Waals surface area contributed by atoms with E-state index >= 15 is 9.59 Å². The minimum atomic E-state index is -3.13. The zero-order chi connectivity index (χ0) is 32.2. The zero-order valence-corrected chi connectivity index (χ0v) is 24.0. The first-order valence-electron chi connectivity index (χ1n) is 14.7. The summed E-state index contributed by atoms with van der Waals surface area (Å²) >= 11 is -0.994. The van der Waals surface area contributed by atoms with Gasteiger partial charge in [0, 0.05) is 0 Å². The predicted octanol–water partition coefficient (Wildman–Crippen LogP) is -1.13.